The summed E-state index contributed by atoms with van der Waals surface area (Å²) in [5, 5.41) is 0. The van der Waals surface area contributed by atoms with Gasteiger partial charge in [0.25, 0.3) is 23.6 Å². The maximum atomic E-state index is 13.3. The van der Waals surface area contributed by atoms with Crippen molar-refractivity contribution in [2.24, 2.45) is 0 Å². The van der Waals surface area contributed by atoms with Crippen LogP contribution in [0.5, 0.6) is 11.5 Å². The van der Waals surface area contributed by atoms with Gasteiger partial charge in [-0.05, 0) is 123 Å². The molecule has 0 N–H and O–H groups in total. The molecule has 5 aromatic rings. The van der Waals surface area contributed by atoms with Crippen LogP contribution < -0.4 is 19.3 Å². The second-order valence-electron chi connectivity index (χ2n) is 12.1. The van der Waals surface area contributed by atoms with E-state index in [9.17, 15) is 28.8 Å². The summed E-state index contributed by atoms with van der Waals surface area (Å²) in [5.74, 6) is -3.22. The third kappa shape index (κ3) is 5.23. The summed E-state index contributed by atoms with van der Waals surface area (Å²) in [5.41, 5.74) is 5.17. The van der Waals surface area contributed by atoms with E-state index in [0.717, 1.165) is 32.1 Å². The summed E-state index contributed by atoms with van der Waals surface area (Å²) < 4.78 is 11.0. The number of ether oxygens (including phenoxy) is 2. The normalized spacial score (nSPS) is 13.4. The fourth-order valence-corrected chi connectivity index (χ4v) is 6.04. The third-order valence-electron chi connectivity index (χ3n) is 9.12. The number of rotatable bonds is 6. The van der Waals surface area contributed by atoms with Crippen molar-refractivity contribution in [3.05, 3.63) is 153 Å². The van der Waals surface area contributed by atoms with Gasteiger partial charge in [0.05, 0.1) is 44.8 Å². The maximum Gasteiger partial charge on any atom is 0.343 e. The van der Waals surface area contributed by atoms with Crippen LogP contribution in [-0.4, -0.2) is 35.6 Å². The van der Waals surface area contributed by atoms with Gasteiger partial charge < -0.3 is 9.47 Å². The Morgan fingerprint density at radius 2 is 0.820 bits per heavy atom. The van der Waals surface area contributed by atoms with Crippen molar-refractivity contribution >= 4 is 46.9 Å². The molecule has 246 valence electrons. The lowest BCUT2D eigenvalue weighted by atomic mass is 10.1. The number of carbonyl (C=O) groups excluding carboxylic acids is 6. The van der Waals surface area contributed by atoms with E-state index in [1.54, 1.807) is 24.3 Å². The second kappa shape index (κ2) is 12.1. The van der Waals surface area contributed by atoms with Crippen molar-refractivity contribution in [3.63, 3.8) is 0 Å². The van der Waals surface area contributed by atoms with Gasteiger partial charge in [-0.1, -0.05) is 24.3 Å². The molecule has 7 rings (SSSR count). The Kier molecular flexibility index (Phi) is 7.71. The van der Waals surface area contributed by atoms with Gasteiger partial charge in [0.15, 0.2) is 0 Å². The van der Waals surface area contributed by atoms with E-state index in [4.69, 9.17) is 9.47 Å². The molecule has 0 aliphatic carbocycles. The van der Waals surface area contributed by atoms with Crippen LogP contribution >= 0.6 is 0 Å². The summed E-state index contributed by atoms with van der Waals surface area (Å²) in [6.45, 7) is 7.46. The summed E-state index contributed by atoms with van der Waals surface area (Å²) >= 11 is 0. The molecule has 5 aromatic carbocycles. The van der Waals surface area contributed by atoms with Crippen LogP contribution in [0.2, 0.25) is 0 Å². The number of carbonyl (C=O) groups is 6. The van der Waals surface area contributed by atoms with Gasteiger partial charge in [-0.3, -0.25) is 19.2 Å². The number of aryl methyl sites for hydroxylation is 2. The van der Waals surface area contributed by atoms with Gasteiger partial charge in [-0.2, -0.15) is 0 Å². The number of esters is 2. The molecule has 0 saturated heterocycles. The summed E-state index contributed by atoms with van der Waals surface area (Å²) in [6.07, 6.45) is 0. The van der Waals surface area contributed by atoms with E-state index in [0.29, 0.717) is 11.4 Å². The second-order valence-corrected chi connectivity index (χ2v) is 12.1. The Balaban J connectivity index is 1.02. The number of imide groups is 2. The molecule has 0 unspecified atom stereocenters. The van der Waals surface area contributed by atoms with Crippen LogP contribution in [0.25, 0.3) is 0 Å². The lowest BCUT2D eigenvalue weighted by Crippen LogP contribution is -2.30. The maximum absolute atomic E-state index is 13.3. The lowest BCUT2D eigenvalue weighted by molar-refractivity contribution is 0.0719. The van der Waals surface area contributed by atoms with E-state index in [-0.39, 0.29) is 44.9 Å². The van der Waals surface area contributed by atoms with Crippen molar-refractivity contribution < 1.29 is 38.2 Å². The van der Waals surface area contributed by atoms with Gasteiger partial charge in [0.2, 0.25) is 0 Å². The van der Waals surface area contributed by atoms with Gasteiger partial charge >= 0.3 is 11.9 Å². The highest BCUT2D eigenvalue weighted by atomic mass is 16.5. The number of hydrogen-bond donors (Lipinski definition) is 0. The van der Waals surface area contributed by atoms with Crippen LogP contribution in [0.4, 0.5) is 11.4 Å². The highest BCUT2D eigenvalue weighted by molar-refractivity contribution is 6.35. The zero-order chi connectivity index (χ0) is 35.4. The highest BCUT2D eigenvalue weighted by Gasteiger charge is 2.39. The predicted molar refractivity (Wildman–Crippen MR) is 183 cm³/mol. The molecule has 10 nitrogen and oxygen atoms in total. The summed E-state index contributed by atoms with van der Waals surface area (Å²) in [7, 11) is 0. The zero-order valence-electron chi connectivity index (χ0n) is 27.4. The van der Waals surface area contributed by atoms with Gasteiger partial charge in [-0.15, -0.1) is 0 Å². The molecule has 0 spiro atoms. The van der Waals surface area contributed by atoms with Crippen molar-refractivity contribution in [2.75, 3.05) is 9.80 Å². The molecule has 0 saturated carbocycles. The molecule has 0 aromatic heterocycles. The van der Waals surface area contributed by atoms with Gasteiger partial charge in [0, 0.05) is 0 Å². The molecule has 0 fully saturated rings. The number of anilines is 2. The first-order valence-electron chi connectivity index (χ1n) is 15.7. The number of fused-ring (bicyclic) bond motifs is 2. The predicted octanol–water partition coefficient (Wildman–Crippen LogP) is 6.96. The first kappa shape index (κ1) is 31.9. The van der Waals surface area contributed by atoms with E-state index in [1.165, 1.54) is 60.7 Å². The Hall–Kier alpha value is -6.68. The fraction of sp³-hybridized carbons (Fsp3) is 0.100. The molecule has 10 heteroatoms. The molecule has 0 atom stereocenters. The standard InChI is InChI=1S/C40H28N2O8/c1-21-7-5-9-33(23(21)3)41-35(43)29-17-11-25(19-31(29)37(41)45)39(47)49-27-13-15-28(16-14-27)50-40(48)26-12-18-30-32(20-26)38(46)42(36(30)44)34-10-6-8-22(2)24(34)4/h5-20H,1-4H3. The molecule has 2 heterocycles. The zero-order valence-corrected chi connectivity index (χ0v) is 27.4. The number of amides is 4. The molecule has 0 bridgehead atoms. The van der Waals surface area contributed by atoms with Crippen LogP contribution in [0, 0.1) is 27.7 Å². The number of nitrogens with zero attached hydrogens (tertiary/aromatic N) is 2. The average molecular weight is 665 g/mol. The Morgan fingerprint density at radius 3 is 1.20 bits per heavy atom. The molecular weight excluding hydrogens is 636 g/mol. The van der Waals surface area contributed by atoms with Crippen LogP contribution in [0.15, 0.2) is 97.1 Å². The Labute approximate surface area is 286 Å². The molecule has 50 heavy (non-hydrogen) atoms. The number of benzene rings is 5. The minimum Gasteiger partial charge on any atom is -0.423 e. The lowest BCUT2D eigenvalue weighted by Gasteiger charge is -2.17. The topological polar surface area (TPSA) is 127 Å². The first-order valence-corrected chi connectivity index (χ1v) is 15.7. The van der Waals surface area contributed by atoms with Crippen LogP contribution in [0.1, 0.15) is 84.4 Å². The van der Waals surface area contributed by atoms with E-state index in [1.807, 2.05) is 39.8 Å². The number of hydrogen-bond acceptors (Lipinski definition) is 8. The summed E-state index contributed by atoms with van der Waals surface area (Å²) in [6, 6.07) is 24.9. The SMILES string of the molecule is Cc1cccc(N2C(=O)c3ccc(C(=O)Oc4ccc(OC(=O)c5ccc6c(c5)C(=O)N(c5cccc(C)c5C)C6=O)cc4)cc3C2=O)c1C. The molecule has 4 amide bonds. The first-order chi connectivity index (χ1) is 23.9. The third-order valence-corrected chi connectivity index (χ3v) is 9.12. The van der Waals surface area contributed by atoms with E-state index in [2.05, 4.69) is 0 Å². The monoisotopic (exact) mass is 664 g/mol. The van der Waals surface area contributed by atoms with E-state index < -0.39 is 35.6 Å². The summed E-state index contributed by atoms with van der Waals surface area (Å²) in [4.78, 5) is 81.1. The molecule has 2 aliphatic heterocycles. The molecule has 2 aliphatic rings. The van der Waals surface area contributed by atoms with Gasteiger partial charge in [0.1, 0.15) is 11.5 Å². The van der Waals surface area contributed by atoms with E-state index >= 15 is 0 Å². The largest absolute Gasteiger partial charge is 0.423 e. The van der Waals surface area contributed by atoms with Crippen molar-refractivity contribution in [1.82, 2.24) is 0 Å². The van der Waals surface area contributed by atoms with Gasteiger partial charge in [-0.25, -0.2) is 19.4 Å². The molecular formula is C40H28N2O8. The minimum atomic E-state index is -0.754. The van der Waals surface area contributed by atoms with Crippen molar-refractivity contribution in [3.8, 4) is 11.5 Å². The van der Waals surface area contributed by atoms with Crippen LogP contribution in [-0.2, 0) is 0 Å². The smallest absolute Gasteiger partial charge is 0.343 e. The molecule has 0 radical (unpaired) electrons. The minimum absolute atomic E-state index is 0.0731. The quantitative estimate of drug-likeness (QED) is 0.108. The average Bonchev–Trinajstić information content (AvgIpc) is 3.51. The Bertz CT molecular complexity index is 2180. The van der Waals surface area contributed by atoms with Crippen molar-refractivity contribution in [1.29, 1.82) is 0 Å². The fourth-order valence-electron chi connectivity index (χ4n) is 6.04. The van der Waals surface area contributed by atoms with Crippen LogP contribution in [0.3, 0.4) is 0 Å². The van der Waals surface area contributed by atoms with Crippen molar-refractivity contribution in [2.45, 2.75) is 27.7 Å². The Morgan fingerprint density at radius 1 is 0.460 bits per heavy atom. The highest BCUT2D eigenvalue weighted by Crippen LogP contribution is 2.34.